The van der Waals surface area contributed by atoms with Gasteiger partial charge in [0.15, 0.2) is 0 Å². The predicted molar refractivity (Wildman–Crippen MR) is 79.6 cm³/mol. The summed E-state index contributed by atoms with van der Waals surface area (Å²) in [6, 6.07) is 7.70. The summed E-state index contributed by atoms with van der Waals surface area (Å²) in [6.07, 6.45) is -5.56. The van der Waals surface area contributed by atoms with Crippen LogP contribution in [-0.2, 0) is 4.79 Å². The number of hydrogen-bond acceptors (Lipinski definition) is 3. The SMILES string of the molecule is F[C@H]1CNCC[C@H]1Oc1ccc(I)cc1.O=C(O)C(F)(F)F. The second kappa shape index (κ2) is 8.51. The van der Waals surface area contributed by atoms with E-state index in [9.17, 15) is 17.6 Å². The van der Waals surface area contributed by atoms with Gasteiger partial charge in [0.05, 0.1) is 0 Å². The molecule has 2 atom stereocenters. The van der Waals surface area contributed by atoms with Crippen LogP contribution in [0.4, 0.5) is 17.6 Å². The van der Waals surface area contributed by atoms with Gasteiger partial charge in [0.25, 0.3) is 0 Å². The maximum Gasteiger partial charge on any atom is 0.490 e. The van der Waals surface area contributed by atoms with Gasteiger partial charge in [-0.15, -0.1) is 0 Å². The first-order valence-corrected chi connectivity index (χ1v) is 7.35. The Morgan fingerprint density at radius 3 is 2.32 bits per heavy atom. The van der Waals surface area contributed by atoms with E-state index < -0.39 is 18.3 Å². The third kappa shape index (κ3) is 6.77. The molecule has 0 spiro atoms. The summed E-state index contributed by atoms with van der Waals surface area (Å²) in [6.45, 7) is 1.23. The summed E-state index contributed by atoms with van der Waals surface area (Å²) < 4.78 is 51.9. The molecule has 0 unspecified atom stereocenters. The van der Waals surface area contributed by atoms with E-state index in [2.05, 4.69) is 27.9 Å². The quantitative estimate of drug-likeness (QED) is 0.554. The molecule has 0 aromatic heterocycles. The van der Waals surface area contributed by atoms with Crippen molar-refractivity contribution in [3.05, 3.63) is 27.8 Å². The Morgan fingerprint density at radius 2 is 1.86 bits per heavy atom. The largest absolute Gasteiger partial charge is 0.490 e. The molecule has 124 valence electrons. The van der Waals surface area contributed by atoms with Crippen molar-refractivity contribution in [2.24, 2.45) is 0 Å². The Bertz CT molecular complexity index is 481. The van der Waals surface area contributed by atoms with Gasteiger partial charge in [-0.25, -0.2) is 9.18 Å². The Hall–Kier alpha value is -1.10. The van der Waals surface area contributed by atoms with Crippen molar-refractivity contribution in [3.8, 4) is 5.75 Å². The minimum atomic E-state index is -5.08. The molecule has 1 saturated heterocycles. The number of piperidine rings is 1. The van der Waals surface area contributed by atoms with Crippen LogP contribution in [0.25, 0.3) is 0 Å². The van der Waals surface area contributed by atoms with Gasteiger partial charge in [-0.05, 0) is 59.8 Å². The molecular weight excluding hydrogens is 421 g/mol. The summed E-state index contributed by atoms with van der Waals surface area (Å²) in [7, 11) is 0. The molecule has 1 aromatic carbocycles. The number of carboxylic acid groups (broad SMARTS) is 1. The number of alkyl halides is 4. The van der Waals surface area contributed by atoms with Gasteiger partial charge in [0.2, 0.25) is 0 Å². The van der Waals surface area contributed by atoms with Gasteiger partial charge in [-0.2, -0.15) is 13.2 Å². The van der Waals surface area contributed by atoms with Crippen molar-refractivity contribution in [1.82, 2.24) is 5.32 Å². The summed E-state index contributed by atoms with van der Waals surface area (Å²) in [5, 5.41) is 10.1. The van der Waals surface area contributed by atoms with Gasteiger partial charge in [0.1, 0.15) is 18.0 Å². The molecule has 0 bridgehead atoms. The molecule has 0 saturated carbocycles. The first-order chi connectivity index (χ1) is 10.2. The summed E-state index contributed by atoms with van der Waals surface area (Å²) in [5.41, 5.74) is 0. The lowest BCUT2D eigenvalue weighted by molar-refractivity contribution is -0.192. The van der Waals surface area contributed by atoms with Crippen molar-refractivity contribution in [2.45, 2.75) is 24.9 Å². The van der Waals surface area contributed by atoms with Crippen molar-refractivity contribution in [3.63, 3.8) is 0 Å². The molecule has 1 fully saturated rings. The van der Waals surface area contributed by atoms with Crippen LogP contribution >= 0.6 is 22.6 Å². The van der Waals surface area contributed by atoms with Gasteiger partial charge >= 0.3 is 12.1 Å². The number of hydrogen-bond donors (Lipinski definition) is 2. The zero-order valence-corrected chi connectivity index (χ0v) is 13.4. The number of rotatable bonds is 2. The fraction of sp³-hybridized carbons (Fsp3) is 0.462. The van der Waals surface area contributed by atoms with Crippen LogP contribution in [0.2, 0.25) is 0 Å². The van der Waals surface area contributed by atoms with Gasteiger partial charge in [-0.1, -0.05) is 0 Å². The maximum absolute atomic E-state index is 13.4. The average molecular weight is 435 g/mol. The van der Waals surface area contributed by atoms with Crippen molar-refractivity contribution in [1.29, 1.82) is 0 Å². The topological polar surface area (TPSA) is 58.6 Å². The van der Waals surface area contributed by atoms with E-state index in [0.29, 0.717) is 6.54 Å². The molecule has 1 aromatic rings. The smallest absolute Gasteiger partial charge is 0.487 e. The third-order valence-corrected chi connectivity index (χ3v) is 3.41. The first-order valence-electron chi connectivity index (χ1n) is 6.27. The minimum absolute atomic E-state index is 0.300. The lowest BCUT2D eigenvalue weighted by atomic mass is 10.1. The lowest BCUT2D eigenvalue weighted by Crippen LogP contribution is -2.44. The number of halogens is 5. The van der Waals surface area contributed by atoms with Crippen molar-refractivity contribution >= 4 is 28.6 Å². The normalized spacial score (nSPS) is 21.5. The molecule has 1 aliphatic heterocycles. The molecule has 1 heterocycles. The molecule has 0 aliphatic carbocycles. The number of carboxylic acids is 1. The van der Waals surface area contributed by atoms with Crippen LogP contribution in [0, 0.1) is 3.57 Å². The van der Waals surface area contributed by atoms with Crippen LogP contribution < -0.4 is 10.1 Å². The van der Waals surface area contributed by atoms with Crippen molar-refractivity contribution in [2.75, 3.05) is 13.1 Å². The van der Waals surface area contributed by atoms with E-state index in [1.165, 1.54) is 0 Å². The highest BCUT2D eigenvalue weighted by Gasteiger charge is 2.38. The van der Waals surface area contributed by atoms with E-state index in [0.717, 1.165) is 22.3 Å². The Labute approximate surface area is 138 Å². The number of carbonyl (C=O) groups is 1. The third-order valence-electron chi connectivity index (χ3n) is 2.69. The van der Waals surface area contributed by atoms with Gasteiger partial charge < -0.3 is 15.2 Å². The highest BCUT2D eigenvalue weighted by Crippen LogP contribution is 2.19. The Kier molecular flexibility index (Phi) is 7.33. The Balaban J connectivity index is 0.000000295. The van der Waals surface area contributed by atoms with Crippen LogP contribution in [0.5, 0.6) is 5.75 Å². The second-order valence-electron chi connectivity index (χ2n) is 4.42. The van der Waals surface area contributed by atoms with Gasteiger partial charge in [-0.3, -0.25) is 0 Å². The van der Waals surface area contributed by atoms with E-state index >= 15 is 0 Å². The van der Waals surface area contributed by atoms with Gasteiger partial charge in [0, 0.05) is 10.1 Å². The van der Waals surface area contributed by atoms with E-state index in [4.69, 9.17) is 14.6 Å². The molecule has 2 N–H and O–H groups in total. The molecular formula is C13H14F4INO3. The molecule has 2 rings (SSSR count). The second-order valence-corrected chi connectivity index (χ2v) is 5.67. The number of aliphatic carboxylic acids is 1. The number of benzene rings is 1. The van der Waals surface area contributed by atoms with Crippen LogP contribution in [0.3, 0.4) is 0 Å². The van der Waals surface area contributed by atoms with E-state index in [1.807, 2.05) is 24.3 Å². The molecule has 4 nitrogen and oxygen atoms in total. The molecule has 0 amide bonds. The fourth-order valence-electron chi connectivity index (χ4n) is 1.62. The number of nitrogens with one attached hydrogen (secondary N) is 1. The summed E-state index contributed by atoms with van der Waals surface area (Å²) >= 11 is 2.23. The summed E-state index contributed by atoms with van der Waals surface area (Å²) in [5.74, 6) is -2.00. The standard InChI is InChI=1S/C11H13FINO.C2HF3O2/c12-10-7-14-6-5-11(10)15-9-3-1-8(13)2-4-9;3-2(4,5)1(6)7/h1-4,10-11,14H,5-7H2;(H,6,7)/t10-,11+;/m0./s1. The highest BCUT2D eigenvalue weighted by atomic mass is 127. The maximum atomic E-state index is 13.4. The monoisotopic (exact) mass is 435 g/mol. The molecule has 1 aliphatic rings. The average Bonchev–Trinajstić information content (AvgIpc) is 2.43. The van der Waals surface area contributed by atoms with E-state index in [1.54, 1.807) is 0 Å². The fourth-order valence-corrected chi connectivity index (χ4v) is 1.98. The molecule has 22 heavy (non-hydrogen) atoms. The summed E-state index contributed by atoms with van der Waals surface area (Å²) in [4.78, 5) is 8.90. The predicted octanol–water partition coefficient (Wildman–Crippen LogP) is 3.00. The zero-order valence-electron chi connectivity index (χ0n) is 11.2. The van der Waals surface area contributed by atoms with Crippen LogP contribution in [0.15, 0.2) is 24.3 Å². The van der Waals surface area contributed by atoms with Crippen LogP contribution in [-0.4, -0.2) is 42.6 Å². The lowest BCUT2D eigenvalue weighted by Gasteiger charge is -2.27. The van der Waals surface area contributed by atoms with Crippen LogP contribution in [0.1, 0.15) is 6.42 Å². The molecule has 9 heteroatoms. The zero-order chi connectivity index (χ0) is 16.8. The van der Waals surface area contributed by atoms with Crippen molar-refractivity contribution < 1.29 is 32.2 Å². The van der Waals surface area contributed by atoms with E-state index in [-0.39, 0.29) is 6.10 Å². The minimum Gasteiger partial charge on any atom is -0.487 e. The number of ether oxygens (including phenoxy) is 1. The molecule has 0 radical (unpaired) electrons. The Morgan fingerprint density at radius 1 is 1.32 bits per heavy atom. The first kappa shape index (κ1) is 18.9. The highest BCUT2D eigenvalue weighted by molar-refractivity contribution is 14.1.